The van der Waals surface area contributed by atoms with Crippen molar-refractivity contribution in [3.05, 3.63) is 41.9 Å². The molecule has 164 valence electrons. The first kappa shape index (κ1) is 23.0. The van der Waals surface area contributed by atoms with E-state index < -0.39 is 11.9 Å². The summed E-state index contributed by atoms with van der Waals surface area (Å²) in [5.41, 5.74) is 1.07. The van der Waals surface area contributed by atoms with Crippen LogP contribution in [0.3, 0.4) is 0 Å². The number of carboxylic acid groups (broad SMARTS) is 2. The van der Waals surface area contributed by atoms with E-state index in [9.17, 15) is 5.11 Å². The number of benzene rings is 1. The average Bonchev–Trinajstić information content (AvgIpc) is 3.24. The molecule has 3 N–H and O–H groups in total. The molecule has 30 heavy (non-hydrogen) atoms. The molecule has 0 amide bonds. The number of hydrogen-bond donors (Lipinski definition) is 3. The van der Waals surface area contributed by atoms with Crippen molar-refractivity contribution < 1.29 is 38.8 Å². The first-order valence-corrected chi connectivity index (χ1v) is 9.21. The number of methoxy groups -OCH3 is 2. The Morgan fingerprint density at radius 1 is 0.967 bits per heavy atom. The monoisotopic (exact) mass is 422 g/mol. The highest BCUT2D eigenvalue weighted by atomic mass is 16.5. The number of ether oxygens (including phenoxy) is 2. The van der Waals surface area contributed by atoms with Gasteiger partial charge in [0.05, 0.1) is 27.0 Å². The maximum absolute atomic E-state index is 10.00. The largest absolute Gasteiger partial charge is 0.502 e. The molecule has 0 radical (unpaired) electrons. The average molecular weight is 422 g/mol. The third-order valence-electron chi connectivity index (χ3n) is 4.55. The van der Waals surface area contributed by atoms with Crippen LogP contribution in [0.2, 0.25) is 0 Å². The van der Waals surface area contributed by atoms with Gasteiger partial charge in [-0.15, -0.1) is 0 Å². The molecule has 0 spiro atoms. The molecule has 10 nitrogen and oxygen atoms in total. The van der Waals surface area contributed by atoms with Crippen LogP contribution in [0.15, 0.2) is 34.9 Å². The van der Waals surface area contributed by atoms with Gasteiger partial charge in [0, 0.05) is 32.7 Å². The van der Waals surface area contributed by atoms with Crippen LogP contribution in [-0.4, -0.2) is 77.5 Å². The van der Waals surface area contributed by atoms with E-state index in [0.717, 1.165) is 50.6 Å². The van der Waals surface area contributed by atoms with E-state index in [1.165, 1.54) is 0 Å². The van der Waals surface area contributed by atoms with E-state index in [4.69, 9.17) is 33.7 Å². The lowest BCUT2D eigenvalue weighted by Gasteiger charge is -2.34. The molecular weight excluding hydrogens is 396 g/mol. The molecule has 1 aliphatic heterocycles. The van der Waals surface area contributed by atoms with Crippen molar-refractivity contribution in [2.24, 2.45) is 0 Å². The molecule has 1 aromatic heterocycles. The molecule has 0 aliphatic carbocycles. The van der Waals surface area contributed by atoms with E-state index in [1.807, 2.05) is 24.3 Å². The number of hydrogen-bond acceptors (Lipinski definition) is 8. The maximum Gasteiger partial charge on any atom is 0.414 e. The van der Waals surface area contributed by atoms with Gasteiger partial charge >= 0.3 is 11.9 Å². The minimum absolute atomic E-state index is 0.0482. The maximum atomic E-state index is 10.00. The number of aromatic hydroxyl groups is 1. The minimum atomic E-state index is -1.82. The number of nitrogens with zero attached hydrogens (tertiary/aromatic N) is 2. The van der Waals surface area contributed by atoms with Crippen LogP contribution in [-0.2, 0) is 22.7 Å². The van der Waals surface area contributed by atoms with Crippen molar-refractivity contribution in [1.29, 1.82) is 0 Å². The molecule has 2 heterocycles. The third-order valence-corrected chi connectivity index (χ3v) is 4.55. The van der Waals surface area contributed by atoms with Crippen LogP contribution < -0.4 is 9.47 Å². The summed E-state index contributed by atoms with van der Waals surface area (Å²) in [6.07, 6.45) is 1.72. The summed E-state index contributed by atoms with van der Waals surface area (Å²) in [7, 11) is 3.09. The summed E-state index contributed by atoms with van der Waals surface area (Å²) in [5.74, 6) is -1.70. The summed E-state index contributed by atoms with van der Waals surface area (Å²) in [4.78, 5) is 23.0. The van der Waals surface area contributed by atoms with Crippen molar-refractivity contribution >= 4 is 11.9 Å². The number of carboxylic acids is 2. The lowest BCUT2D eigenvalue weighted by Crippen LogP contribution is -2.45. The molecule has 1 aliphatic rings. The number of furan rings is 1. The summed E-state index contributed by atoms with van der Waals surface area (Å²) < 4.78 is 15.9. The van der Waals surface area contributed by atoms with Gasteiger partial charge in [0.15, 0.2) is 11.5 Å². The quantitative estimate of drug-likeness (QED) is 0.588. The van der Waals surface area contributed by atoms with Gasteiger partial charge in [0.25, 0.3) is 0 Å². The molecule has 1 aromatic carbocycles. The molecule has 0 saturated carbocycles. The highest BCUT2D eigenvalue weighted by molar-refractivity contribution is 6.27. The van der Waals surface area contributed by atoms with Gasteiger partial charge in [-0.3, -0.25) is 9.80 Å². The fourth-order valence-corrected chi connectivity index (χ4v) is 3.03. The van der Waals surface area contributed by atoms with Crippen LogP contribution in [0.1, 0.15) is 11.3 Å². The van der Waals surface area contributed by atoms with Crippen molar-refractivity contribution in [2.75, 3.05) is 40.4 Å². The smallest absolute Gasteiger partial charge is 0.414 e. The Morgan fingerprint density at radius 3 is 1.87 bits per heavy atom. The molecule has 0 atom stereocenters. The van der Waals surface area contributed by atoms with Gasteiger partial charge in [0.2, 0.25) is 5.75 Å². The predicted molar refractivity (Wildman–Crippen MR) is 106 cm³/mol. The third kappa shape index (κ3) is 6.68. The van der Waals surface area contributed by atoms with Gasteiger partial charge in [0.1, 0.15) is 5.76 Å². The number of phenolic OH excluding ortho intramolecular Hbond substituents is 1. The van der Waals surface area contributed by atoms with E-state index in [1.54, 1.807) is 20.5 Å². The van der Waals surface area contributed by atoms with Crippen molar-refractivity contribution in [2.45, 2.75) is 13.1 Å². The highest BCUT2D eigenvalue weighted by Crippen LogP contribution is 2.37. The molecular formula is C20H26N2O8. The number of aliphatic carboxylic acids is 2. The standard InChI is InChI=1S/C18H24N2O4.C2H2O4/c1-22-16-10-14(11-17(23-2)18(16)21)12-19-5-7-20(8-6-19)13-15-4-3-9-24-15;3-1(4)2(5)6/h3-4,9-11,21H,5-8,12-13H2,1-2H3;(H,3,4)(H,5,6). The molecule has 3 rings (SSSR count). The van der Waals surface area contributed by atoms with Crippen molar-refractivity contribution in [3.8, 4) is 17.2 Å². The zero-order valence-corrected chi connectivity index (χ0v) is 16.9. The van der Waals surface area contributed by atoms with Crippen LogP contribution in [0.5, 0.6) is 17.2 Å². The Kier molecular flexibility index (Phi) is 8.51. The Morgan fingerprint density at radius 2 is 1.47 bits per heavy atom. The van der Waals surface area contributed by atoms with Crippen LogP contribution in [0, 0.1) is 0 Å². The number of phenols is 1. The first-order valence-electron chi connectivity index (χ1n) is 9.21. The summed E-state index contributed by atoms with van der Waals surface area (Å²) in [6, 6.07) is 7.68. The Hall–Kier alpha value is -3.24. The van der Waals surface area contributed by atoms with Gasteiger partial charge < -0.3 is 29.2 Å². The molecule has 1 saturated heterocycles. The number of piperazine rings is 1. The second-order valence-corrected chi connectivity index (χ2v) is 6.59. The minimum Gasteiger partial charge on any atom is -0.502 e. The summed E-state index contributed by atoms with van der Waals surface area (Å²) in [6.45, 7) is 5.67. The van der Waals surface area contributed by atoms with E-state index >= 15 is 0 Å². The zero-order valence-electron chi connectivity index (χ0n) is 16.9. The first-order chi connectivity index (χ1) is 14.3. The molecule has 0 bridgehead atoms. The second-order valence-electron chi connectivity index (χ2n) is 6.59. The lowest BCUT2D eigenvalue weighted by molar-refractivity contribution is -0.159. The van der Waals surface area contributed by atoms with Crippen molar-refractivity contribution in [3.63, 3.8) is 0 Å². The van der Waals surface area contributed by atoms with E-state index in [-0.39, 0.29) is 5.75 Å². The number of rotatable bonds is 6. The molecule has 2 aromatic rings. The normalized spacial score (nSPS) is 14.5. The summed E-state index contributed by atoms with van der Waals surface area (Å²) >= 11 is 0. The predicted octanol–water partition coefficient (Wildman–Crippen LogP) is 1.48. The summed E-state index contributed by atoms with van der Waals surface area (Å²) in [5, 5.41) is 24.8. The van der Waals surface area contributed by atoms with Gasteiger partial charge in [-0.2, -0.15) is 0 Å². The molecule has 0 unspecified atom stereocenters. The highest BCUT2D eigenvalue weighted by Gasteiger charge is 2.19. The fourth-order valence-electron chi connectivity index (χ4n) is 3.03. The van der Waals surface area contributed by atoms with Crippen LogP contribution in [0.25, 0.3) is 0 Å². The Labute approximate surface area is 173 Å². The fraction of sp³-hybridized carbons (Fsp3) is 0.400. The van der Waals surface area contributed by atoms with Crippen molar-refractivity contribution in [1.82, 2.24) is 9.80 Å². The van der Waals surface area contributed by atoms with Crippen LogP contribution >= 0.6 is 0 Å². The Balaban J connectivity index is 0.000000469. The topological polar surface area (TPSA) is 133 Å². The SMILES string of the molecule is COc1cc(CN2CCN(Cc3ccco3)CC2)cc(OC)c1O.O=C(O)C(=O)O. The van der Waals surface area contributed by atoms with Crippen LogP contribution in [0.4, 0.5) is 0 Å². The second kappa shape index (κ2) is 11.1. The van der Waals surface area contributed by atoms with Gasteiger partial charge in [-0.25, -0.2) is 9.59 Å². The molecule has 1 fully saturated rings. The number of carbonyl (C=O) groups is 2. The van der Waals surface area contributed by atoms with E-state index in [2.05, 4.69) is 9.80 Å². The van der Waals surface area contributed by atoms with Gasteiger partial charge in [-0.05, 0) is 29.8 Å². The van der Waals surface area contributed by atoms with E-state index in [0.29, 0.717) is 11.5 Å². The lowest BCUT2D eigenvalue weighted by atomic mass is 10.1. The molecule has 10 heteroatoms. The zero-order chi connectivity index (χ0) is 22.1. The Bertz CT molecular complexity index is 792. The van der Waals surface area contributed by atoms with Gasteiger partial charge in [-0.1, -0.05) is 0 Å².